The van der Waals surface area contributed by atoms with Gasteiger partial charge >= 0.3 is 0 Å². The minimum atomic E-state index is -0.786. The third kappa shape index (κ3) is 3.57. The van der Waals surface area contributed by atoms with Crippen LogP contribution in [0.15, 0.2) is 29.3 Å². The highest BCUT2D eigenvalue weighted by Crippen LogP contribution is 2.35. The predicted molar refractivity (Wildman–Crippen MR) is 95.7 cm³/mol. The van der Waals surface area contributed by atoms with Gasteiger partial charge in [-0.1, -0.05) is 52.0 Å². The van der Waals surface area contributed by atoms with Crippen molar-refractivity contribution in [2.75, 3.05) is 7.05 Å². The fraction of sp³-hybridized carbons (Fsp3) is 0.579. The van der Waals surface area contributed by atoms with E-state index in [0.29, 0.717) is 18.9 Å². The first-order valence-electron chi connectivity index (χ1n) is 8.58. The summed E-state index contributed by atoms with van der Waals surface area (Å²) in [6, 6.07) is 8.19. The highest BCUT2D eigenvalue weighted by molar-refractivity contribution is 5.93. The number of rotatable bonds is 0. The summed E-state index contributed by atoms with van der Waals surface area (Å²) in [6.45, 7) is 12.4. The second-order valence-corrected chi connectivity index (χ2v) is 5.42. The lowest BCUT2D eigenvalue weighted by molar-refractivity contribution is -0.137. The van der Waals surface area contributed by atoms with E-state index in [2.05, 4.69) is 17.1 Å². The number of hydrogen-bond acceptors (Lipinski definition) is 3. The summed E-state index contributed by atoms with van der Waals surface area (Å²) in [7, 11) is 1.84. The maximum Gasteiger partial charge on any atom is 0.254 e. The first-order chi connectivity index (χ1) is 11.0. The highest BCUT2D eigenvalue weighted by Gasteiger charge is 2.51. The Labute approximate surface area is 140 Å². The molecule has 4 heteroatoms. The quantitative estimate of drug-likeness (QED) is 0.729. The summed E-state index contributed by atoms with van der Waals surface area (Å²) in [6.07, 6.45) is 0.402. The van der Waals surface area contributed by atoms with Gasteiger partial charge in [-0.05, 0) is 18.1 Å². The fourth-order valence-corrected chi connectivity index (χ4v) is 3.06. The Hall–Kier alpha value is -1.84. The molecule has 0 aliphatic carbocycles. The van der Waals surface area contributed by atoms with E-state index in [1.165, 1.54) is 11.1 Å². The summed E-state index contributed by atoms with van der Waals surface area (Å²) < 4.78 is 5.65. The van der Waals surface area contributed by atoms with Crippen LogP contribution in [-0.4, -0.2) is 35.4 Å². The Morgan fingerprint density at radius 3 is 2.26 bits per heavy atom. The first kappa shape index (κ1) is 19.2. The number of fused-ring (bicyclic) bond motifs is 1. The molecule has 128 valence electrons. The molecule has 0 bridgehead atoms. The molecule has 3 rings (SSSR count). The Kier molecular flexibility index (Phi) is 6.79. The Bertz CT molecular complexity index is 568. The highest BCUT2D eigenvalue weighted by atomic mass is 16.5. The molecule has 2 aliphatic rings. The number of carbonyl (C=O) groups is 1. The van der Waals surface area contributed by atoms with Crippen LogP contribution in [0, 0.1) is 0 Å². The zero-order valence-electron chi connectivity index (χ0n) is 15.5. The molecule has 0 aromatic heterocycles. The van der Waals surface area contributed by atoms with Crippen molar-refractivity contribution in [1.82, 2.24) is 4.90 Å². The molecular weight excluding hydrogens is 288 g/mol. The maximum absolute atomic E-state index is 12.7. The van der Waals surface area contributed by atoms with E-state index in [1.54, 1.807) is 4.90 Å². The van der Waals surface area contributed by atoms with Gasteiger partial charge in [0.05, 0.1) is 0 Å². The molecule has 0 N–H and O–H groups in total. The Morgan fingerprint density at radius 2 is 1.74 bits per heavy atom. The van der Waals surface area contributed by atoms with Gasteiger partial charge in [0.15, 0.2) is 11.4 Å². The van der Waals surface area contributed by atoms with Crippen molar-refractivity contribution in [3.63, 3.8) is 0 Å². The zero-order chi connectivity index (χ0) is 17.6. The van der Waals surface area contributed by atoms with E-state index in [9.17, 15) is 4.79 Å². The lowest BCUT2D eigenvalue weighted by Crippen LogP contribution is -2.51. The molecule has 1 amide bonds. The monoisotopic (exact) mass is 318 g/mol. The molecule has 0 saturated heterocycles. The minimum Gasteiger partial charge on any atom is -0.475 e. The van der Waals surface area contributed by atoms with Crippen molar-refractivity contribution in [2.24, 2.45) is 4.99 Å². The predicted octanol–water partition coefficient (Wildman–Crippen LogP) is 3.83. The second kappa shape index (κ2) is 8.14. The van der Waals surface area contributed by atoms with Crippen LogP contribution in [-0.2, 0) is 22.5 Å². The van der Waals surface area contributed by atoms with Crippen molar-refractivity contribution < 1.29 is 9.53 Å². The van der Waals surface area contributed by atoms with Gasteiger partial charge in [-0.3, -0.25) is 4.79 Å². The number of nitrogens with zero attached hydrogens (tertiary/aromatic N) is 2. The van der Waals surface area contributed by atoms with Crippen LogP contribution in [0.1, 0.15) is 52.7 Å². The van der Waals surface area contributed by atoms with Gasteiger partial charge < -0.3 is 9.64 Å². The first-order valence-corrected chi connectivity index (χ1v) is 8.58. The van der Waals surface area contributed by atoms with Gasteiger partial charge in [0.1, 0.15) is 6.10 Å². The summed E-state index contributed by atoms with van der Waals surface area (Å²) in [5.41, 5.74) is 1.60. The number of carbonyl (C=O) groups excluding carboxylic acids is 1. The van der Waals surface area contributed by atoms with E-state index >= 15 is 0 Å². The zero-order valence-corrected chi connectivity index (χ0v) is 15.5. The van der Waals surface area contributed by atoms with Crippen LogP contribution < -0.4 is 0 Å². The molecule has 2 heterocycles. The van der Waals surface area contributed by atoms with Gasteiger partial charge in [0, 0.05) is 26.9 Å². The lowest BCUT2D eigenvalue weighted by Gasteiger charge is -2.29. The number of benzene rings is 1. The van der Waals surface area contributed by atoms with Crippen molar-refractivity contribution in [3.05, 3.63) is 35.4 Å². The maximum atomic E-state index is 12.7. The van der Waals surface area contributed by atoms with E-state index in [0.717, 1.165) is 0 Å². The third-order valence-electron chi connectivity index (χ3n) is 4.08. The summed E-state index contributed by atoms with van der Waals surface area (Å²) in [5.74, 6) is 0.654. The molecule has 0 saturated carbocycles. The van der Waals surface area contributed by atoms with Crippen molar-refractivity contribution >= 4 is 11.8 Å². The minimum absolute atomic E-state index is 0.0491. The number of ether oxygens (including phenoxy) is 1. The van der Waals surface area contributed by atoms with Gasteiger partial charge in [0.25, 0.3) is 5.91 Å². The van der Waals surface area contributed by atoms with Crippen LogP contribution in [0.5, 0.6) is 0 Å². The van der Waals surface area contributed by atoms with Crippen LogP contribution in [0.3, 0.4) is 0 Å². The Morgan fingerprint density at radius 1 is 1.17 bits per heavy atom. The summed E-state index contributed by atoms with van der Waals surface area (Å²) in [4.78, 5) is 19.0. The third-order valence-corrected chi connectivity index (χ3v) is 4.08. The fourth-order valence-electron chi connectivity index (χ4n) is 3.06. The number of likely N-dealkylation sites (N-methyl/N-ethyl adjacent to an activating group) is 1. The summed E-state index contributed by atoms with van der Waals surface area (Å²) in [5, 5.41) is 0. The van der Waals surface area contributed by atoms with Gasteiger partial charge in [0.2, 0.25) is 0 Å². The average molecular weight is 318 g/mol. The molecule has 0 fully saturated rings. The molecule has 1 spiro atoms. The van der Waals surface area contributed by atoms with Crippen LogP contribution >= 0.6 is 0 Å². The van der Waals surface area contributed by atoms with Crippen molar-refractivity contribution in [2.45, 2.75) is 66.2 Å². The van der Waals surface area contributed by atoms with Gasteiger partial charge in [-0.15, -0.1) is 0 Å². The van der Waals surface area contributed by atoms with Gasteiger partial charge in [-0.25, -0.2) is 4.99 Å². The van der Waals surface area contributed by atoms with Crippen molar-refractivity contribution in [3.8, 4) is 0 Å². The number of aliphatic imine (C=N–C) groups is 1. The molecular formula is C19H30N2O2. The molecule has 1 aromatic rings. The molecule has 2 aliphatic heterocycles. The van der Waals surface area contributed by atoms with E-state index in [1.807, 2.05) is 60.7 Å². The SMILES string of the molecule is CC.CC.CC1=NC2(Cc3ccccc3CN(C)C2=O)C(C)O1. The van der Waals surface area contributed by atoms with E-state index in [-0.39, 0.29) is 12.0 Å². The molecule has 2 unspecified atom stereocenters. The van der Waals surface area contributed by atoms with Crippen LogP contribution in [0.2, 0.25) is 0 Å². The van der Waals surface area contributed by atoms with E-state index < -0.39 is 5.54 Å². The van der Waals surface area contributed by atoms with Crippen LogP contribution in [0.4, 0.5) is 0 Å². The topological polar surface area (TPSA) is 41.9 Å². The molecule has 4 nitrogen and oxygen atoms in total. The Balaban J connectivity index is 0.000000615. The van der Waals surface area contributed by atoms with Gasteiger partial charge in [-0.2, -0.15) is 0 Å². The number of hydrogen-bond donors (Lipinski definition) is 0. The summed E-state index contributed by atoms with van der Waals surface area (Å²) >= 11 is 0. The standard InChI is InChI=1S/C15H18N2O2.2C2H6/c1-10-15(16-11(2)19-10)8-12-6-4-5-7-13(12)9-17(3)14(15)18;2*1-2/h4-7,10H,8-9H2,1-3H3;2*1-2H3. The van der Waals surface area contributed by atoms with Crippen molar-refractivity contribution in [1.29, 1.82) is 0 Å². The largest absolute Gasteiger partial charge is 0.475 e. The molecule has 2 atom stereocenters. The molecule has 1 aromatic carbocycles. The van der Waals surface area contributed by atoms with E-state index in [4.69, 9.17) is 4.74 Å². The molecule has 23 heavy (non-hydrogen) atoms. The molecule has 0 radical (unpaired) electrons. The lowest BCUT2D eigenvalue weighted by atomic mass is 9.86. The normalized spacial score (nSPS) is 25.2. The smallest absolute Gasteiger partial charge is 0.254 e. The van der Waals surface area contributed by atoms with Crippen LogP contribution in [0.25, 0.3) is 0 Å². The second-order valence-electron chi connectivity index (χ2n) is 5.42. The average Bonchev–Trinajstić information content (AvgIpc) is 2.80. The number of amides is 1.